The molecule has 0 fully saturated rings. The summed E-state index contributed by atoms with van der Waals surface area (Å²) in [5.41, 5.74) is 4.04. The minimum atomic E-state index is -3.85. The van der Waals surface area contributed by atoms with Crippen molar-refractivity contribution in [3.05, 3.63) is 77.9 Å². The number of hydrogen-bond donors (Lipinski definition) is 3. The van der Waals surface area contributed by atoms with Gasteiger partial charge in [0.05, 0.1) is 27.6 Å². The van der Waals surface area contributed by atoms with E-state index in [1.165, 1.54) is 36.4 Å². The number of carbonyl (C=O) groups is 1. The molecule has 8 nitrogen and oxygen atoms in total. The molecular weight excluding hydrogens is 452 g/mol. The standard InChI is InChI=1S/C25H26N4O4S/c1-16(2)33-25(30)19-8-10-20(11-9-19)29-34(31,32)21-12-13-22-23(14-21)28-24(27-22)18-6-4-17(5-7-18)15-26-3/h4-14,16,26,29H,15H2,1-3H3,(H,27,28). The molecule has 34 heavy (non-hydrogen) atoms. The first-order chi connectivity index (χ1) is 16.2. The fourth-order valence-corrected chi connectivity index (χ4v) is 4.52. The lowest BCUT2D eigenvalue weighted by molar-refractivity contribution is 0.0378. The highest BCUT2D eigenvalue weighted by molar-refractivity contribution is 7.92. The number of aromatic nitrogens is 2. The van der Waals surface area contributed by atoms with Crippen molar-refractivity contribution in [3.8, 4) is 11.4 Å². The largest absolute Gasteiger partial charge is 0.459 e. The Bertz CT molecular complexity index is 1410. The molecule has 3 N–H and O–H groups in total. The second-order valence-corrected chi connectivity index (χ2v) is 9.81. The van der Waals surface area contributed by atoms with E-state index in [9.17, 15) is 13.2 Å². The number of esters is 1. The Morgan fingerprint density at radius 2 is 1.74 bits per heavy atom. The minimum Gasteiger partial charge on any atom is -0.459 e. The monoisotopic (exact) mass is 478 g/mol. The first-order valence-electron chi connectivity index (χ1n) is 10.8. The SMILES string of the molecule is CNCc1ccc(-c2nc3cc(S(=O)(=O)Nc4ccc(C(=O)OC(C)C)cc4)ccc3[nH]2)cc1. The van der Waals surface area contributed by atoms with E-state index in [4.69, 9.17) is 4.74 Å². The van der Waals surface area contributed by atoms with Gasteiger partial charge in [-0.05, 0) is 68.9 Å². The van der Waals surface area contributed by atoms with Crippen molar-refractivity contribution >= 4 is 32.7 Å². The number of nitrogens with zero attached hydrogens (tertiary/aromatic N) is 1. The maximum atomic E-state index is 12.9. The third-order valence-electron chi connectivity index (χ3n) is 5.09. The van der Waals surface area contributed by atoms with Gasteiger partial charge in [-0.3, -0.25) is 4.72 Å². The van der Waals surface area contributed by atoms with E-state index < -0.39 is 16.0 Å². The van der Waals surface area contributed by atoms with Gasteiger partial charge in [0.25, 0.3) is 10.0 Å². The number of imidazole rings is 1. The number of carbonyl (C=O) groups excluding carboxylic acids is 1. The van der Waals surface area contributed by atoms with Crippen LogP contribution >= 0.6 is 0 Å². The summed E-state index contributed by atoms with van der Waals surface area (Å²) < 4.78 is 33.6. The number of fused-ring (bicyclic) bond motifs is 1. The van der Waals surface area contributed by atoms with Crippen LogP contribution in [0, 0.1) is 0 Å². The van der Waals surface area contributed by atoms with Gasteiger partial charge < -0.3 is 15.0 Å². The topological polar surface area (TPSA) is 113 Å². The molecule has 1 heterocycles. The average Bonchev–Trinajstić information content (AvgIpc) is 3.23. The fourth-order valence-electron chi connectivity index (χ4n) is 3.44. The number of rotatable bonds is 8. The number of aromatic amines is 1. The fraction of sp³-hybridized carbons (Fsp3) is 0.200. The summed E-state index contributed by atoms with van der Waals surface area (Å²) in [5.74, 6) is 0.207. The van der Waals surface area contributed by atoms with Crippen LogP contribution in [-0.4, -0.2) is 37.5 Å². The summed E-state index contributed by atoms with van der Waals surface area (Å²) in [4.78, 5) is 19.9. The zero-order chi connectivity index (χ0) is 24.3. The van der Waals surface area contributed by atoms with Gasteiger partial charge in [0.2, 0.25) is 0 Å². The quantitative estimate of drug-likeness (QED) is 0.325. The molecule has 0 aliphatic rings. The van der Waals surface area contributed by atoms with Gasteiger partial charge >= 0.3 is 5.97 Å². The summed E-state index contributed by atoms with van der Waals surface area (Å²) in [6.07, 6.45) is -0.235. The van der Waals surface area contributed by atoms with Gasteiger partial charge in [-0.15, -0.1) is 0 Å². The van der Waals surface area contributed by atoms with Crippen LogP contribution < -0.4 is 10.0 Å². The lowest BCUT2D eigenvalue weighted by Crippen LogP contribution is -2.14. The summed E-state index contributed by atoms with van der Waals surface area (Å²) in [6, 6.07) is 18.8. The van der Waals surface area contributed by atoms with Crippen molar-refractivity contribution in [2.45, 2.75) is 31.4 Å². The van der Waals surface area contributed by atoms with E-state index >= 15 is 0 Å². The molecule has 0 saturated heterocycles. The van der Waals surface area contributed by atoms with Crippen LogP contribution in [0.4, 0.5) is 5.69 Å². The molecule has 0 aliphatic heterocycles. The van der Waals surface area contributed by atoms with Crippen LogP contribution in [0.25, 0.3) is 22.4 Å². The number of sulfonamides is 1. The van der Waals surface area contributed by atoms with Gasteiger partial charge in [-0.1, -0.05) is 24.3 Å². The number of anilines is 1. The molecule has 0 unspecified atom stereocenters. The van der Waals surface area contributed by atoms with Crippen LogP contribution in [0.2, 0.25) is 0 Å². The molecule has 0 amide bonds. The highest BCUT2D eigenvalue weighted by Crippen LogP contribution is 2.24. The predicted molar refractivity (Wildman–Crippen MR) is 132 cm³/mol. The van der Waals surface area contributed by atoms with Crippen molar-refractivity contribution < 1.29 is 17.9 Å². The Morgan fingerprint density at radius 1 is 1.03 bits per heavy atom. The summed E-state index contributed by atoms with van der Waals surface area (Å²) in [7, 11) is -1.96. The highest BCUT2D eigenvalue weighted by atomic mass is 32.2. The molecular formula is C25H26N4O4S. The maximum absolute atomic E-state index is 12.9. The first kappa shape index (κ1) is 23.5. The van der Waals surface area contributed by atoms with Crippen LogP contribution in [0.3, 0.4) is 0 Å². The first-order valence-corrected chi connectivity index (χ1v) is 12.3. The third kappa shape index (κ3) is 5.27. The van der Waals surface area contributed by atoms with Crippen LogP contribution in [-0.2, 0) is 21.3 Å². The molecule has 0 spiro atoms. The Balaban J connectivity index is 1.53. The molecule has 0 atom stereocenters. The average molecular weight is 479 g/mol. The number of benzene rings is 3. The van der Waals surface area contributed by atoms with Gasteiger partial charge in [0, 0.05) is 17.8 Å². The third-order valence-corrected chi connectivity index (χ3v) is 6.47. The van der Waals surface area contributed by atoms with Crippen LogP contribution in [0.5, 0.6) is 0 Å². The second kappa shape index (κ2) is 9.66. The van der Waals surface area contributed by atoms with E-state index in [0.717, 1.165) is 23.2 Å². The zero-order valence-electron chi connectivity index (χ0n) is 19.1. The predicted octanol–water partition coefficient (Wildman–Crippen LogP) is 4.32. The van der Waals surface area contributed by atoms with Gasteiger partial charge in [-0.25, -0.2) is 18.2 Å². The van der Waals surface area contributed by atoms with Crippen LogP contribution in [0.1, 0.15) is 29.8 Å². The smallest absolute Gasteiger partial charge is 0.338 e. The lowest BCUT2D eigenvalue weighted by atomic mass is 10.1. The molecule has 4 aromatic rings. The van der Waals surface area contributed by atoms with Gasteiger partial charge in [0.15, 0.2) is 0 Å². The normalized spacial score (nSPS) is 11.6. The number of hydrogen-bond acceptors (Lipinski definition) is 6. The number of H-pyrrole nitrogens is 1. The molecule has 1 aromatic heterocycles. The molecule has 3 aromatic carbocycles. The molecule has 0 aliphatic carbocycles. The Morgan fingerprint density at radius 3 is 2.38 bits per heavy atom. The summed E-state index contributed by atoms with van der Waals surface area (Å²) in [6.45, 7) is 4.31. The number of nitrogens with one attached hydrogen (secondary N) is 3. The minimum absolute atomic E-state index is 0.0886. The highest BCUT2D eigenvalue weighted by Gasteiger charge is 2.17. The summed E-state index contributed by atoms with van der Waals surface area (Å²) >= 11 is 0. The Kier molecular flexibility index (Phi) is 6.67. The van der Waals surface area contributed by atoms with E-state index in [0.29, 0.717) is 22.6 Å². The van der Waals surface area contributed by atoms with Crippen molar-refractivity contribution in [1.29, 1.82) is 0 Å². The van der Waals surface area contributed by atoms with Crippen molar-refractivity contribution in [1.82, 2.24) is 15.3 Å². The van der Waals surface area contributed by atoms with Gasteiger partial charge in [-0.2, -0.15) is 0 Å². The van der Waals surface area contributed by atoms with Gasteiger partial charge in [0.1, 0.15) is 5.82 Å². The van der Waals surface area contributed by atoms with E-state index in [1.54, 1.807) is 19.9 Å². The Labute approximate surface area is 198 Å². The van der Waals surface area contributed by atoms with E-state index in [-0.39, 0.29) is 11.0 Å². The zero-order valence-corrected chi connectivity index (χ0v) is 19.9. The molecule has 176 valence electrons. The molecule has 4 rings (SSSR count). The van der Waals surface area contributed by atoms with Crippen molar-refractivity contribution in [2.24, 2.45) is 0 Å². The molecule has 0 radical (unpaired) electrons. The second-order valence-electron chi connectivity index (χ2n) is 8.13. The maximum Gasteiger partial charge on any atom is 0.338 e. The molecule has 0 saturated carbocycles. The molecule has 0 bridgehead atoms. The van der Waals surface area contributed by atoms with E-state index in [2.05, 4.69) is 20.0 Å². The Hall–Kier alpha value is -3.69. The van der Waals surface area contributed by atoms with Crippen LogP contribution in [0.15, 0.2) is 71.6 Å². The molecule has 9 heteroatoms. The lowest BCUT2D eigenvalue weighted by Gasteiger charge is -2.10. The van der Waals surface area contributed by atoms with Crippen molar-refractivity contribution in [2.75, 3.05) is 11.8 Å². The summed E-state index contributed by atoms with van der Waals surface area (Å²) in [5, 5.41) is 3.11. The van der Waals surface area contributed by atoms with E-state index in [1.807, 2.05) is 31.3 Å². The number of ether oxygens (including phenoxy) is 1. The van der Waals surface area contributed by atoms with Crippen molar-refractivity contribution in [3.63, 3.8) is 0 Å².